The van der Waals surface area contributed by atoms with Gasteiger partial charge in [0, 0.05) is 11.7 Å². The minimum absolute atomic E-state index is 0.0455. The molecule has 112 valence electrons. The van der Waals surface area contributed by atoms with Gasteiger partial charge in [0.15, 0.2) is 0 Å². The Kier molecular flexibility index (Phi) is 5.20. The van der Waals surface area contributed by atoms with Crippen molar-refractivity contribution >= 4 is 22.4 Å². The molecule has 1 amide bonds. The molecule has 2 rings (SSSR count). The van der Waals surface area contributed by atoms with Gasteiger partial charge in [-0.05, 0) is 43.2 Å². The van der Waals surface area contributed by atoms with Crippen LogP contribution in [-0.4, -0.2) is 18.0 Å². The number of anilines is 1. The van der Waals surface area contributed by atoms with Crippen LogP contribution in [0.5, 0.6) is 0 Å². The Morgan fingerprint density at radius 1 is 1.10 bits per heavy atom. The molecule has 0 aliphatic rings. The summed E-state index contributed by atoms with van der Waals surface area (Å²) in [5, 5.41) is 8.69. The van der Waals surface area contributed by atoms with Crippen molar-refractivity contribution in [1.82, 2.24) is 5.32 Å². The number of fused-ring (bicyclic) bond motifs is 1. The van der Waals surface area contributed by atoms with Gasteiger partial charge in [0.25, 0.3) is 0 Å². The molecule has 2 unspecified atom stereocenters. The number of hydrogen-bond acceptors (Lipinski definition) is 2. The molecule has 2 atom stereocenters. The predicted octanol–water partition coefficient (Wildman–Crippen LogP) is 3.95. The first kappa shape index (κ1) is 15.4. The van der Waals surface area contributed by atoms with E-state index in [1.165, 1.54) is 10.8 Å². The molecule has 0 fully saturated rings. The minimum Gasteiger partial charge on any atom is -0.374 e. The topological polar surface area (TPSA) is 41.1 Å². The maximum atomic E-state index is 12.1. The highest BCUT2D eigenvalue weighted by Crippen LogP contribution is 2.19. The van der Waals surface area contributed by atoms with E-state index in [2.05, 4.69) is 41.8 Å². The van der Waals surface area contributed by atoms with Crippen molar-refractivity contribution in [3.05, 3.63) is 42.5 Å². The van der Waals surface area contributed by atoms with Crippen LogP contribution in [0.2, 0.25) is 0 Å². The summed E-state index contributed by atoms with van der Waals surface area (Å²) in [6.45, 7) is 6.06. The quantitative estimate of drug-likeness (QED) is 0.843. The first-order valence-electron chi connectivity index (χ1n) is 7.66. The molecule has 3 nitrogen and oxygen atoms in total. The molecule has 0 radical (unpaired) electrons. The van der Waals surface area contributed by atoms with E-state index in [4.69, 9.17) is 0 Å². The fraction of sp³-hybridized carbons (Fsp3) is 0.389. The summed E-state index contributed by atoms with van der Waals surface area (Å²) in [6.07, 6.45) is 2.09. The summed E-state index contributed by atoms with van der Waals surface area (Å²) in [5.74, 6) is 0.0455. The van der Waals surface area contributed by atoms with Crippen LogP contribution in [0.1, 0.15) is 33.6 Å². The maximum Gasteiger partial charge on any atom is 0.242 e. The smallest absolute Gasteiger partial charge is 0.242 e. The summed E-state index contributed by atoms with van der Waals surface area (Å²) in [6, 6.07) is 14.4. The van der Waals surface area contributed by atoms with Crippen molar-refractivity contribution < 1.29 is 4.79 Å². The number of rotatable bonds is 6. The number of nitrogens with one attached hydrogen (secondary N) is 2. The highest BCUT2D eigenvalue weighted by molar-refractivity contribution is 5.88. The summed E-state index contributed by atoms with van der Waals surface area (Å²) in [4.78, 5) is 12.1. The lowest BCUT2D eigenvalue weighted by molar-refractivity contribution is -0.122. The van der Waals surface area contributed by atoms with Crippen LogP contribution in [0, 0.1) is 0 Å². The molecular weight excluding hydrogens is 260 g/mol. The normalized spacial score (nSPS) is 13.7. The molecule has 21 heavy (non-hydrogen) atoms. The fourth-order valence-electron chi connectivity index (χ4n) is 2.47. The Hall–Kier alpha value is -2.03. The van der Waals surface area contributed by atoms with Gasteiger partial charge in [0.2, 0.25) is 5.91 Å². The molecule has 2 aromatic rings. The molecule has 0 aliphatic heterocycles. The lowest BCUT2D eigenvalue weighted by atomic mass is 10.1. The van der Waals surface area contributed by atoms with Gasteiger partial charge < -0.3 is 10.6 Å². The van der Waals surface area contributed by atoms with Gasteiger partial charge in [-0.25, -0.2) is 0 Å². The number of carbonyl (C=O) groups excluding carboxylic acids is 1. The van der Waals surface area contributed by atoms with Gasteiger partial charge in [-0.15, -0.1) is 0 Å². The largest absolute Gasteiger partial charge is 0.374 e. The number of carbonyl (C=O) groups is 1. The molecule has 0 aromatic heterocycles. The van der Waals surface area contributed by atoms with Gasteiger partial charge in [0.1, 0.15) is 6.04 Å². The van der Waals surface area contributed by atoms with Crippen LogP contribution in [0.3, 0.4) is 0 Å². The van der Waals surface area contributed by atoms with Gasteiger partial charge in [-0.1, -0.05) is 43.7 Å². The Morgan fingerprint density at radius 3 is 2.52 bits per heavy atom. The van der Waals surface area contributed by atoms with E-state index in [1.807, 2.05) is 32.0 Å². The van der Waals surface area contributed by atoms with E-state index in [-0.39, 0.29) is 18.0 Å². The zero-order chi connectivity index (χ0) is 15.2. The second kappa shape index (κ2) is 7.11. The highest BCUT2D eigenvalue weighted by atomic mass is 16.2. The van der Waals surface area contributed by atoms with Crippen LogP contribution in [-0.2, 0) is 4.79 Å². The predicted molar refractivity (Wildman–Crippen MR) is 89.5 cm³/mol. The van der Waals surface area contributed by atoms with Gasteiger partial charge in [0.05, 0.1) is 0 Å². The average Bonchev–Trinajstić information content (AvgIpc) is 2.47. The molecule has 0 aliphatic carbocycles. The zero-order valence-corrected chi connectivity index (χ0v) is 13.0. The standard InChI is InChI=1S/C18H24N2O/c1-4-7-13(2)19-18(21)14(3)20-17-11-10-15-8-5-6-9-16(15)12-17/h5-6,8-14,20H,4,7H2,1-3H3,(H,19,21). The summed E-state index contributed by atoms with van der Waals surface area (Å²) < 4.78 is 0. The number of benzene rings is 2. The highest BCUT2D eigenvalue weighted by Gasteiger charge is 2.14. The molecule has 2 N–H and O–H groups in total. The maximum absolute atomic E-state index is 12.1. The third kappa shape index (κ3) is 4.22. The minimum atomic E-state index is -0.245. The van der Waals surface area contributed by atoms with E-state index in [1.54, 1.807) is 0 Å². The summed E-state index contributed by atoms with van der Waals surface area (Å²) in [5.41, 5.74) is 0.972. The Balaban J connectivity index is 2.00. The van der Waals surface area contributed by atoms with Crippen LogP contribution < -0.4 is 10.6 Å². The first-order chi connectivity index (χ1) is 10.1. The van der Waals surface area contributed by atoms with E-state index in [0.717, 1.165) is 18.5 Å². The second-order valence-corrected chi connectivity index (χ2v) is 5.63. The van der Waals surface area contributed by atoms with Crippen molar-refractivity contribution in [3.63, 3.8) is 0 Å². The van der Waals surface area contributed by atoms with E-state index < -0.39 is 0 Å². The molecule has 0 spiro atoms. The Bertz CT molecular complexity index is 609. The fourth-order valence-corrected chi connectivity index (χ4v) is 2.47. The summed E-state index contributed by atoms with van der Waals surface area (Å²) >= 11 is 0. The molecule has 0 saturated heterocycles. The monoisotopic (exact) mass is 284 g/mol. The first-order valence-corrected chi connectivity index (χ1v) is 7.66. The van der Waals surface area contributed by atoms with Crippen molar-refractivity contribution in [2.24, 2.45) is 0 Å². The van der Waals surface area contributed by atoms with Crippen LogP contribution >= 0.6 is 0 Å². The molecule has 3 heteroatoms. The third-order valence-corrected chi connectivity index (χ3v) is 3.64. The molecule has 2 aromatic carbocycles. The van der Waals surface area contributed by atoms with Crippen LogP contribution in [0.4, 0.5) is 5.69 Å². The van der Waals surface area contributed by atoms with E-state index in [0.29, 0.717) is 0 Å². The van der Waals surface area contributed by atoms with Crippen LogP contribution in [0.25, 0.3) is 10.8 Å². The zero-order valence-electron chi connectivity index (χ0n) is 13.0. The molecule has 0 heterocycles. The lowest BCUT2D eigenvalue weighted by Gasteiger charge is -2.19. The van der Waals surface area contributed by atoms with Gasteiger partial charge >= 0.3 is 0 Å². The van der Waals surface area contributed by atoms with E-state index >= 15 is 0 Å². The second-order valence-electron chi connectivity index (χ2n) is 5.63. The molecule has 0 bridgehead atoms. The van der Waals surface area contributed by atoms with E-state index in [9.17, 15) is 4.79 Å². The Labute approximate surface area is 126 Å². The third-order valence-electron chi connectivity index (χ3n) is 3.64. The van der Waals surface area contributed by atoms with Gasteiger partial charge in [-0.2, -0.15) is 0 Å². The van der Waals surface area contributed by atoms with Crippen molar-refractivity contribution in [2.75, 3.05) is 5.32 Å². The average molecular weight is 284 g/mol. The number of hydrogen-bond donors (Lipinski definition) is 2. The Morgan fingerprint density at radius 2 is 1.81 bits per heavy atom. The van der Waals surface area contributed by atoms with Crippen molar-refractivity contribution in [2.45, 2.75) is 45.7 Å². The van der Waals surface area contributed by atoms with Crippen molar-refractivity contribution in [3.8, 4) is 0 Å². The summed E-state index contributed by atoms with van der Waals surface area (Å²) in [7, 11) is 0. The van der Waals surface area contributed by atoms with Crippen LogP contribution in [0.15, 0.2) is 42.5 Å². The SMILES string of the molecule is CCCC(C)NC(=O)C(C)Nc1ccc2ccccc2c1. The van der Waals surface area contributed by atoms with Crippen molar-refractivity contribution in [1.29, 1.82) is 0 Å². The molecular formula is C18H24N2O. The molecule has 0 saturated carbocycles. The van der Waals surface area contributed by atoms with Gasteiger partial charge in [-0.3, -0.25) is 4.79 Å². The lowest BCUT2D eigenvalue weighted by Crippen LogP contribution is -2.42. The number of amides is 1.